The second kappa shape index (κ2) is 7.91. The molecule has 2 aromatic rings. The first-order valence-corrected chi connectivity index (χ1v) is 12.0. The molecule has 5 nitrogen and oxygen atoms in total. The number of nitrogens with zero attached hydrogens (tertiary/aromatic N) is 1. The standard InChI is InChI=1S/C21H24ClNO4S/c22-19-9-10-20(18-8-4-3-7-17(18)19)27-13-21(24)23(15-5-1-2-6-15)16-11-12-28(25,26)14-16/h3-4,7-10,15-16H,1-2,5-6,11-14H2/t16-/m1/s1. The van der Waals surface area contributed by atoms with Gasteiger partial charge in [-0.05, 0) is 31.4 Å². The Bertz CT molecular complexity index is 985. The molecule has 1 saturated heterocycles. The largest absolute Gasteiger partial charge is 0.483 e. The number of ether oxygens (including phenoxy) is 1. The molecule has 1 aliphatic heterocycles. The summed E-state index contributed by atoms with van der Waals surface area (Å²) in [5.41, 5.74) is 0. The zero-order valence-electron chi connectivity index (χ0n) is 15.6. The Morgan fingerprint density at radius 1 is 1.04 bits per heavy atom. The van der Waals surface area contributed by atoms with E-state index in [1.165, 1.54) is 0 Å². The molecule has 2 fully saturated rings. The summed E-state index contributed by atoms with van der Waals surface area (Å²) in [4.78, 5) is 14.9. The van der Waals surface area contributed by atoms with Crippen LogP contribution in [-0.2, 0) is 14.6 Å². The highest BCUT2D eigenvalue weighted by atomic mass is 35.5. The predicted octanol–water partition coefficient (Wildman–Crippen LogP) is 3.83. The SMILES string of the molecule is O=C(COc1ccc(Cl)c2ccccc12)N(C1CCCC1)[C@@H]1CCS(=O)(=O)C1. The maximum absolute atomic E-state index is 13.1. The van der Waals surface area contributed by atoms with Crippen LogP contribution in [0.5, 0.6) is 5.75 Å². The molecule has 2 aliphatic rings. The minimum atomic E-state index is -3.05. The summed E-state index contributed by atoms with van der Waals surface area (Å²) in [6.07, 6.45) is 4.56. The number of halogens is 1. The lowest BCUT2D eigenvalue weighted by Gasteiger charge is -2.34. The Kier molecular flexibility index (Phi) is 5.52. The number of benzene rings is 2. The van der Waals surface area contributed by atoms with Gasteiger partial charge in [-0.25, -0.2) is 8.42 Å². The first-order chi connectivity index (χ1) is 13.4. The maximum Gasteiger partial charge on any atom is 0.261 e. The summed E-state index contributed by atoms with van der Waals surface area (Å²) in [5.74, 6) is 0.711. The molecule has 4 rings (SSSR count). The van der Waals surface area contributed by atoms with Crippen LogP contribution in [0.4, 0.5) is 0 Å². The fourth-order valence-electron chi connectivity index (χ4n) is 4.46. The van der Waals surface area contributed by atoms with E-state index in [0.717, 1.165) is 36.5 Å². The normalized spacial score (nSPS) is 21.8. The van der Waals surface area contributed by atoms with Gasteiger partial charge in [0.2, 0.25) is 0 Å². The van der Waals surface area contributed by atoms with E-state index >= 15 is 0 Å². The number of rotatable bonds is 5. The summed E-state index contributed by atoms with van der Waals surface area (Å²) in [6, 6.07) is 11.1. The summed E-state index contributed by atoms with van der Waals surface area (Å²) < 4.78 is 29.8. The minimum absolute atomic E-state index is 0.0686. The lowest BCUT2D eigenvalue weighted by atomic mass is 10.1. The van der Waals surface area contributed by atoms with E-state index in [-0.39, 0.29) is 36.1 Å². The van der Waals surface area contributed by atoms with E-state index in [1.807, 2.05) is 29.2 Å². The highest BCUT2D eigenvalue weighted by Gasteiger charge is 2.39. The van der Waals surface area contributed by atoms with Gasteiger partial charge in [0.1, 0.15) is 5.75 Å². The van der Waals surface area contributed by atoms with Gasteiger partial charge in [-0.3, -0.25) is 4.79 Å². The van der Waals surface area contributed by atoms with Crippen LogP contribution in [0, 0.1) is 0 Å². The molecule has 2 aromatic carbocycles. The maximum atomic E-state index is 13.1. The Morgan fingerprint density at radius 2 is 1.75 bits per heavy atom. The van der Waals surface area contributed by atoms with Gasteiger partial charge in [-0.2, -0.15) is 0 Å². The molecule has 0 spiro atoms. The monoisotopic (exact) mass is 421 g/mol. The molecule has 0 radical (unpaired) electrons. The molecule has 0 N–H and O–H groups in total. The van der Waals surface area contributed by atoms with Crippen molar-refractivity contribution in [2.45, 2.75) is 44.2 Å². The zero-order valence-corrected chi connectivity index (χ0v) is 17.2. The van der Waals surface area contributed by atoms with Crippen molar-refractivity contribution in [1.29, 1.82) is 0 Å². The Hall–Kier alpha value is -1.79. The van der Waals surface area contributed by atoms with Gasteiger partial charge in [0.25, 0.3) is 5.91 Å². The number of sulfone groups is 1. The van der Waals surface area contributed by atoms with Gasteiger partial charge in [-0.15, -0.1) is 0 Å². The molecular weight excluding hydrogens is 398 g/mol. The van der Waals surface area contributed by atoms with Crippen molar-refractivity contribution in [3.63, 3.8) is 0 Å². The van der Waals surface area contributed by atoms with Gasteiger partial charge in [0.15, 0.2) is 16.4 Å². The number of hydrogen-bond acceptors (Lipinski definition) is 4. The number of hydrogen-bond donors (Lipinski definition) is 0. The molecule has 150 valence electrons. The molecule has 7 heteroatoms. The fraction of sp³-hybridized carbons (Fsp3) is 0.476. The Morgan fingerprint density at radius 3 is 2.43 bits per heavy atom. The first kappa shape index (κ1) is 19.5. The molecule has 0 aromatic heterocycles. The van der Waals surface area contributed by atoms with E-state index in [0.29, 0.717) is 17.2 Å². The van der Waals surface area contributed by atoms with E-state index in [9.17, 15) is 13.2 Å². The van der Waals surface area contributed by atoms with Crippen molar-refractivity contribution in [2.24, 2.45) is 0 Å². The van der Waals surface area contributed by atoms with Crippen molar-refractivity contribution in [2.75, 3.05) is 18.1 Å². The van der Waals surface area contributed by atoms with E-state index in [2.05, 4.69) is 0 Å². The average Bonchev–Trinajstić information content (AvgIpc) is 3.32. The van der Waals surface area contributed by atoms with Crippen LogP contribution in [0.2, 0.25) is 5.02 Å². The van der Waals surface area contributed by atoms with Crippen LogP contribution in [0.25, 0.3) is 10.8 Å². The third-order valence-electron chi connectivity index (χ3n) is 5.79. The van der Waals surface area contributed by atoms with Crippen LogP contribution in [0.3, 0.4) is 0 Å². The molecule has 1 saturated carbocycles. The van der Waals surface area contributed by atoms with Gasteiger partial charge in [0, 0.05) is 27.9 Å². The van der Waals surface area contributed by atoms with Crippen molar-refractivity contribution < 1.29 is 17.9 Å². The topological polar surface area (TPSA) is 63.7 Å². The highest BCUT2D eigenvalue weighted by Crippen LogP contribution is 2.32. The van der Waals surface area contributed by atoms with Crippen LogP contribution in [-0.4, -0.2) is 49.4 Å². The first-order valence-electron chi connectivity index (χ1n) is 9.76. The smallest absolute Gasteiger partial charge is 0.261 e. The van der Waals surface area contributed by atoms with Gasteiger partial charge >= 0.3 is 0 Å². The fourth-order valence-corrected chi connectivity index (χ4v) is 6.40. The number of fused-ring (bicyclic) bond motifs is 1. The van der Waals surface area contributed by atoms with Gasteiger partial charge in [0.05, 0.1) is 11.5 Å². The summed E-state index contributed by atoms with van der Waals surface area (Å²) in [7, 11) is -3.05. The highest BCUT2D eigenvalue weighted by molar-refractivity contribution is 7.91. The van der Waals surface area contributed by atoms with Crippen LogP contribution in [0.1, 0.15) is 32.1 Å². The number of carbonyl (C=O) groups is 1. The molecule has 1 aliphatic carbocycles. The van der Waals surface area contributed by atoms with Gasteiger partial charge in [-0.1, -0.05) is 48.7 Å². The molecule has 1 amide bonds. The Balaban J connectivity index is 1.53. The van der Waals surface area contributed by atoms with Crippen molar-refractivity contribution in [3.05, 3.63) is 41.4 Å². The summed E-state index contributed by atoms with van der Waals surface area (Å²) >= 11 is 6.25. The second-order valence-electron chi connectivity index (χ2n) is 7.68. The Labute approximate surface area is 170 Å². The zero-order chi connectivity index (χ0) is 19.7. The molecule has 1 heterocycles. The lowest BCUT2D eigenvalue weighted by Crippen LogP contribution is -2.48. The van der Waals surface area contributed by atoms with Crippen LogP contribution >= 0.6 is 11.6 Å². The van der Waals surface area contributed by atoms with Crippen LogP contribution in [0.15, 0.2) is 36.4 Å². The lowest BCUT2D eigenvalue weighted by molar-refractivity contribution is -0.137. The average molecular weight is 422 g/mol. The summed E-state index contributed by atoms with van der Waals surface area (Å²) in [5, 5.41) is 2.38. The van der Waals surface area contributed by atoms with Crippen LogP contribution < -0.4 is 4.74 Å². The van der Waals surface area contributed by atoms with Crippen molar-refractivity contribution >= 4 is 38.1 Å². The van der Waals surface area contributed by atoms with E-state index in [1.54, 1.807) is 12.1 Å². The third kappa shape index (κ3) is 3.98. The molecule has 28 heavy (non-hydrogen) atoms. The number of carbonyl (C=O) groups excluding carboxylic acids is 1. The molecule has 0 bridgehead atoms. The predicted molar refractivity (Wildman–Crippen MR) is 111 cm³/mol. The summed E-state index contributed by atoms with van der Waals surface area (Å²) in [6.45, 7) is -0.0985. The van der Waals surface area contributed by atoms with Crippen molar-refractivity contribution in [1.82, 2.24) is 4.90 Å². The molecule has 1 atom stereocenters. The molecule has 0 unspecified atom stereocenters. The van der Waals surface area contributed by atoms with Gasteiger partial charge < -0.3 is 9.64 Å². The van der Waals surface area contributed by atoms with E-state index < -0.39 is 9.84 Å². The quantitative estimate of drug-likeness (QED) is 0.736. The minimum Gasteiger partial charge on any atom is -0.483 e. The second-order valence-corrected chi connectivity index (χ2v) is 10.3. The van der Waals surface area contributed by atoms with Crippen molar-refractivity contribution in [3.8, 4) is 5.75 Å². The molecular formula is C21H24ClNO4S. The number of amides is 1. The third-order valence-corrected chi connectivity index (χ3v) is 7.87. The van der Waals surface area contributed by atoms with E-state index in [4.69, 9.17) is 16.3 Å².